The molecule has 1 saturated heterocycles. The van der Waals surface area contributed by atoms with E-state index in [1.807, 2.05) is 0 Å². The number of piperidine rings is 1. The molecule has 12 heteroatoms. The summed E-state index contributed by atoms with van der Waals surface area (Å²) >= 11 is 0.777. The number of hydrogen-bond acceptors (Lipinski definition) is 8. The van der Waals surface area contributed by atoms with Crippen LogP contribution in [0.1, 0.15) is 53.6 Å². The number of urea groups is 1. The van der Waals surface area contributed by atoms with Crippen molar-refractivity contribution in [2.75, 3.05) is 38.6 Å². The molecule has 1 aliphatic heterocycles. The van der Waals surface area contributed by atoms with Crippen LogP contribution in [0.5, 0.6) is 5.88 Å². The summed E-state index contributed by atoms with van der Waals surface area (Å²) in [7, 11) is 1.15. The normalized spacial score (nSPS) is 14.8. The first-order valence-corrected chi connectivity index (χ1v) is 12.7. The highest BCUT2D eigenvalue weighted by atomic mass is 32.1. The summed E-state index contributed by atoms with van der Waals surface area (Å²) in [6, 6.07) is 1.78. The summed E-state index contributed by atoms with van der Waals surface area (Å²) in [5.41, 5.74) is -0.0339. The Labute approximate surface area is 212 Å². The van der Waals surface area contributed by atoms with Crippen LogP contribution >= 0.6 is 11.5 Å². The smallest absolute Gasteiger partial charge is 0.346 e. The Morgan fingerprint density at radius 2 is 1.92 bits per heavy atom. The van der Waals surface area contributed by atoms with Crippen LogP contribution in [-0.4, -0.2) is 65.8 Å². The monoisotopic (exact) mass is 526 g/mol. The molecule has 0 aliphatic carbocycles. The zero-order valence-corrected chi connectivity index (χ0v) is 21.3. The lowest BCUT2D eigenvalue weighted by Gasteiger charge is -2.28. The van der Waals surface area contributed by atoms with Crippen LogP contribution in [0, 0.1) is 18.6 Å². The van der Waals surface area contributed by atoms with Crippen molar-refractivity contribution < 1.29 is 33.0 Å². The van der Waals surface area contributed by atoms with Gasteiger partial charge in [0.25, 0.3) is 0 Å². The molecule has 2 aromatic rings. The van der Waals surface area contributed by atoms with Crippen LogP contribution in [0.2, 0.25) is 0 Å². The number of ether oxygens (including phenoxy) is 2. The van der Waals surface area contributed by atoms with Crippen LogP contribution in [-0.2, 0) is 11.3 Å². The Hall–Kier alpha value is -2.83. The van der Waals surface area contributed by atoms with Gasteiger partial charge in [-0.1, -0.05) is 6.42 Å². The van der Waals surface area contributed by atoms with Crippen LogP contribution in [0.15, 0.2) is 12.1 Å². The Kier molecular flexibility index (Phi) is 10.4. The first-order valence-electron chi connectivity index (χ1n) is 11.9. The number of halogens is 2. The van der Waals surface area contributed by atoms with Gasteiger partial charge in [-0.05, 0) is 74.9 Å². The number of aliphatic hydroxyl groups excluding tert-OH is 1. The van der Waals surface area contributed by atoms with Crippen LogP contribution in [0.3, 0.4) is 0 Å². The minimum Gasteiger partial charge on any atom is -0.471 e. The number of hydrogen-bond donors (Lipinski definition) is 3. The highest BCUT2D eigenvalue weighted by Crippen LogP contribution is 2.32. The lowest BCUT2D eigenvalue weighted by molar-refractivity contribution is 0.0596. The average Bonchev–Trinajstić information content (AvgIpc) is 3.23. The fourth-order valence-electron chi connectivity index (χ4n) is 3.97. The van der Waals surface area contributed by atoms with Crippen molar-refractivity contribution in [1.82, 2.24) is 14.6 Å². The molecule has 0 bridgehead atoms. The number of aliphatic hydroxyl groups is 1. The number of benzene rings is 1. The molecule has 1 aromatic carbocycles. The second-order valence-electron chi connectivity index (χ2n) is 8.72. The number of β-amino-alcohol motifs (C(OH)–C–C–N with tert-alkyl or cyclic N) is 1. The van der Waals surface area contributed by atoms with E-state index >= 15 is 0 Å². The quantitative estimate of drug-likeness (QED) is 0.301. The van der Waals surface area contributed by atoms with E-state index in [2.05, 4.69) is 19.9 Å². The Balaban J connectivity index is 1.51. The summed E-state index contributed by atoms with van der Waals surface area (Å²) < 4.78 is 42.4. The molecule has 3 N–H and O–H groups in total. The van der Waals surface area contributed by atoms with Gasteiger partial charge in [-0.2, -0.15) is 4.37 Å². The number of nitrogens with zero attached hydrogens (tertiary/aromatic N) is 2. The van der Waals surface area contributed by atoms with E-state index in [9.17, 15) is 23.5 Å². The van der Waals surface area contributed by atoms with Gasteiger partial charge in [-0.25, -0.2) is 18.4 Å². The molecule has 0 spiro atoms. The maximum atomic E-state index is 14.1. The molecule has 2 amide bonds. The van der Waals surface area contributed by atoms with Crippen molar-refractivity contribution >= 4 is 28.5 Å². The number of carbonyl (C=O) groups is 2. The van der Waals surface area contributed by atoms with Gasteiger partial charge in [0.05, 0.1) is 18.8 Å². The van der Waals surface area contributed by atoms with Crippen molar-refractivity contribution in [2.45, 2.75) is 51.7 Å². The molecule has 0 radical (unpaired) electrons. The van der Waals surface area contributed by atoms with E-state index in [0.29, 0.717) is 31.5 Å². The lowest BCUT2D eigenvalue weighted by atomic mass is 10.1. The molecular weight excluding hydrogens is 494 g/mol. The molecule has 0 saturated carbocycles. The molecular formula is C24H32F2N4O5S. The van der Waals surface area contributed by atoms with E-state index in [1.54, 1.807) is 6.92 Å². The molecule has 9 nitrogen and oxygen atoms in total. The molecule has 1 aromatic heterocycles. The predicted octanol–water partition coefficient (Wildman–Crippen LogP) is 3.84. The molecule has 1 atom stereocenters. The first-order chi connectivity index (χ1) is 17.3. The Bertz CT molecular complexity index is 1020. The third-order valence-corrected chi connectivity index (χ3v) is 6.58. The van der Waals surface area contributed by atoms with Gasteiger partial charge in [0.2, 0.25) is 5.88 Å². The second kappa shape index (κ2) is 13.5. The van der Waals surface area contributed by atoms with Crippen LogP contribution in [0.25, 0.3) is 0 Å². The summed E-state index contributed by atoms with van der Waals surface area (Å²) in [5.74, 6) is -2.58. The van der Waals surface area contributed by atoms with E-state index in [1.165, 1.54) is 18.6 Å². The Morgan fingerprint density at radius 3 is 2.58 bits per heavy atom. The number of aryl methyl sites for hydroxylation is 1. The van der Waals surface area contributed by atoms with E-state index < -0.39 is 36.3 Å². The lowest BCUT2D eigenvalue weighted by Crippen LogP contribution is -2.37. The highest BCUT2D eigenvalue weighted by molar-refractivity contribution is 7.11. The van der Waals surface area contributed by atoms with Gasteiger partial charge in [0, 0.05) is 13.1 Å². The summed E-state index contributed by atoms with van der Waals surface area (Å²) in [6.07, 6.45) is 4.23. The maximum absolute atomic E-state index is 14.1. The fourth-order valence-corrected chi connectivity index (χ4v) is 4.69. The van der Waals surface area contributed by atoms with Crippen LogP contribution in [0.4, 0.5) is 18.6 Å². The van der Waals surface area contributed by atoms with Gasteiger partial charge in [0.15, 0.2) is 5.56 Å². The van der Waals surface area contributed by atoms with Gasteiger partial charge >= 0.3 is 12.0 Å². The van der Waals surface area contributed by atoms with Gasteiger partial charge < -0.3 is 24.8 Å². The number of rotatable bonds is 11. The number of aromatic nitrogens is 1. The molecule has 3 rings (SSSR count). The molecule has 1 fully saturated rings. The maximum Gasteiger partial charge on any atom is 0.346 e. The first kappa shape index (κ1) is 27.8. The highest BCUT2D eigenvalue weighted by Gasteiger charge is 2.25. The summed E-state index contributed by atoms with van der Waals surface area (Å²) in [4.78, 5) is 26.9. The largest absolute Gasteiger partial charge is 0.471 e. The van der Waals surface area contributed by atoms with Crippen molar-refractivity contribution in [3.8, 4) is 5.88 Å². The van der Waals surface area contributed by atoms with Gasteiger partial charge in [0.1, 0.15) is 23.2 Å². The molecule has 1 unspecified atom stereocenters. The number of nitrogens with one attached hydrogen (secondary N) is 2. The standard InChI is InChI=1S/C24H32F2N4O5S/c1-15-11-18(25)17(19(26)12-15)14-35-21-20(23(32)34-2)22(36-29-21)28-24(33)27-8-6-7-16(31)13-30-9-4-3-5-10-30/h11-12,16,31H,3-10,13-14H2,1-2H3,(H2,27,28,33). The molecule has 1 aliphatic rings. The SMILES string of the molecule is COC(=O)c1c(OCc2c(F)cc(C)cc2F)nsc1NC(=O)NCCCC(O)CN1CCCCC1. The van der Waals surface area contributed by atoms with Crippen LogP contribution < -0.4 is 15.4 Å². The zero-order valence-electron chi connectivity index (χ0n) is 20.4. The summed E-state index contributed by atoms with van der Waals surface area (Å²) in [6.45, 7) is 4.04. The van der Waals surface area contributed by atoms with Crippen molar-refractivity contribution in [1.29, 1.82) is 0 Å². The minimum absolute atomic E-state index is 0.0735. The predicted molar refractivity (Wildman–Crippen MR) is 131 cm³/mol. The second-order valence-corrected chi connectivity index (χ2v) is 9.49. The van der Waals surface area contributed by atoms with Crippen molar-refractivity contribution in [3.63, 3.8) is 0 Å². The zero-order chi connectivity index (χ0) is 26.1. The Morgan fingerprint density at radius 1 is 1.22 bits per heavy atom. The van der Waals surface area contributed by atoms with E-state index in [0.717, 1.165) is 44.6 Å². The number of carbonyl (C=O) groups excluding carboxylic acids is 2. The van der Waals surface area contributed by atoms with Gasteiger partial charge in [-0.3, -0.25) is 5.32 Å². The van der Waals surface area contributed by atoms with E-state index in [-0.39, 0.29) is 22.0 Å². The van der Waals surface area contributed by atoms with Gasteiger partial charge in [-0.15, -0.1) is 0 Å². The molecule has 2 heterocycles. The number of likely N-dealkylation sites (tertiary alicyclic amines) is 1. The average molecular weight is 527 g/mol. The minimum atomic E-state index is -0.820. The third-order valence-electron chi connectivity index (χ3n) is 5.83. The number of anilines is 1. The molecule has 198 valence electrons. The third kappa shape index (κ3) is 7.84. The van der Waals surface area contributed by atoms with E-state index in [4.69, 9.17) is 9.47 Å². The molecule has 36 heavy (non-hydrogen) atoms. The topological polar surface area (TPSA) is 113 Å². The number of amides is 2. The van der Waals surface area contributed by atoms with Crippen molar-refractivity contribution in [2.24, 2.45) is 0 Å². The van der Waals surface area contributed by atoms with Crippen molar-refractivity contribution in [3.05, 3.63) is 40.5 Å². The fraction of sp³-hybridized carbons (Fsp3) is 0.542. The summed E-state index contributed by atoms with van der Waals surface area (Å²) in [5, 5.41) is 15.5. The number of methoxy groups -OCH3 is 1. The number of esters is 1.